The molecule has 3 atom stereocenters. The maximum Gasteiger partial charge on any atom is 0.332 e. The van der Waals surface area contributed by atoms with Crippen LogP contribution in [-0.4, -0.2) is 42.8 Å². The summed E-state index contributed by atoms with van der Waals surface area (Å²) in [4.78, 5) is 26.9. The molecule has 0 bridgehead atoms. The first-order valence-corrected chi connectivity index (χ1v) is 7.86. The van der Waals surface area contributed by atoms with Gasteiger partial charge in [0.25, 0.3) is 5.91 Å². The van der Waals surface area contributed by atoms with Crippen LogP contribution in [0.4, 0.5) is 5.69 Å². The van der Waals surface area contributed by atoms with Gasteiger partial charge in [0.15, 0.2) is 5.54 Å². The predicted octanol–water partition coefficient (Wildman–Crippen LogP) is 1.67. The van der Waals surface area contributed by atoms with Gasteiger partial charge in [0.2, 0.25) is 0 Å². The van der Waals surface area contributed by atoms with Crippen molar-refractivity contribution in [1.29, 1.82) is 0 Å². The molecule has 1 N–H and O–H groups in total. The Bertz CT molecular complexity index is 696. The molecule has 1 aromatic rings. The van der Waals surface area contributed by atoms with Gasteiger partial charge in [0.1, 0.15) is 11.9 Å². The minimum absolute atomic E-state index is 0.324. The van der Waals surface area contributed by atoms with Crippen LogP contribution in [-0.2, 0) is 14.3 Å². The Balaban J connectivity index is 2.14. The standard InChI is InChI=1S/C18H21NO5/c1-11-8-9-18(17(22)24-3)14(10-11)15(20)16(21)19(18)12-4-6-13(23-2)7-5-12/h4-8,14-15,20H,9-10H2,1-3H3/t14-,15+,18-/m1/s1. The summed E-state index contributed by atoms with van der Waals surface area (Å²) >= 11 is 0. The number of methoxy groups -OCH3 is 2. The van der Waals surface area contributed by atoms with Crippen molar-refractivity contribution in [2.45, 2.75) is 31.4 Å². The number of fused-ring (bicyclic) bond motifs is 1. The van der Waals surface area contributed by atoms with E-state index in [1.165, 1.54) is 12.0 Å². The van der Waals surface area contributed by atoms with Gasteiger partial charge in [-0.3, -0.25) is 9.69 Å². The average molecular weight is 331 g/mol. The van der Waals surface area contributed by atoms with E-state index in [4.69, 9.17) is 9.47 Å². The van der Waals surface area contributed by atoms with Crippen molar-refractivity contribution in [1.82, 2.24) is 0 Å². The highest BCUT2D eigenvalue weighted by molar-refractivity contribution is 6.08. The van der Waals surface area contributed by atoms with E-state index in [1.54, 1.807) is 31.4 Å². The fourth-order valence-corrected chi connectivity index (χ4v) is 3.80. The molecule has 0 aromatic heterocycles. The van der Waals surface area contributed by atoms with Gasteiger partial charge in [-0.25, -0.2) is 4.79 Å². The third-order valence-corrected chi connectivity index (χ3v) is 5.04. The lowest BCUT2D eigenvalue weighted by atomic mass is 9.73. The van der Waals surface area contributed by atoms with Crippen LogP contribution in [0.2, 0.25) is 0 Å². The summed E-state index contributed by atoms with van der Waals surface area (Å²) in [5, 5.41) is 10.5. The number of ether oxygens (including phenoxy) is 2. The topological polar surface area (TPSA) is 76.1 Å². The lowest BCUT2D eigenvalue weighted by molar-refractivity contribution is -0.149. The Hall–Kier alpha value is -2.34. The number of hydrogen-bond acceptors (Lipinski definition) is 5. The Morgan fingerprint density at radius 1 is 1.29 bits per heavy atom. The van der Waals surface area contributed by atoms with Crippen molar-refractivity contribution < 1.29 is 24.2 Å². The van der Waals surface area contributed by atoms with Crippen LogP contribution in [0.15, 0.2) is 35.9 Å². The Morgan fingerprint density at radius 2 is 1.96 bits per heavy atom. The van der Waals surface area contributed by atoms with E-state index in [1.807, 2.05) is 13.0 Å². The number of allylic oxidation sites excluding steroid dienone is 1. The lowest BCUT2D eigenvalue weighted by Crippen LogP contribution is -2.57. The number of carbonyl (C=O) groups excluding carboxylic acids is 2. The number of esters is 1. The number of rotatable bonds is 3. The molecule has 1 saturated heterocycles. The van der Waals surface area contributed by atoms with E-state index >= 15 is 0 Å². The van der Waals surface area contributed by atoms with Crippen molar-refractivity contribution >= 4 is 17.6 Å². The Kier molecular flexibility index (Phi) is 4.09. The van der Waals surface area contributed by atoms with E-state index in [-0.39, 0.29) is 0 Å². The highest BCUT2D eigenvalue weighted by Gasteiger charge is 2.64. The number of anilines is 1. The van der Waals surface area contributed by atoms with E-state index in [9.17, 15) is 14.7 Å². The number of nitrogens with zero attached hydrogens (tertiary/aromatic N) is 1. The summed E-state index contributed by atoms with van der Waals surface area (Å²) < 4.78 is 10.2. The molecule has 0 unspecified atom stereocenters. The summed E-state index contributed by atoms with van der Waals surface area (Å²) in [6.07, 6.45) is 1.52. The Morgan fingerprint density at radius 3 is 2.54 bits per heavy atom. The van der Waals surface area contributed by atoms with Crippen LogP contribution in [0.1, 0.15) is 19.8 Å². The molecule has 1 aliphatic heterocycles. The molecule has 0 saturated carbocycles. The van der Waals surface area contributed by atoms with Crippen molar-refractivity contribution in [3.63, 3.8) is 0 Å². The van der Waals surface area contributed by atoms with Gasteiger partial charge < -0.3 is 14.6 Å². The maximum absolute atomic E-state index is 12.8. The summed E-state index contributed by atoms with van der Waals surface area (Å²) in [5.74, 6) is -0.853. The molecule has 1 aromatic carbocycles. The second-order valence-corrected chi connectivity index (χ2v) is 6.30. The maximum atomic E-state index is 12.8. The molecular formula is C18H21NO5. The van der Waals surface area contributed by atoms with E-state index in [0.717, 1.165) is 5.57 Å². The molecule has 0 spiro atoms. The molecule has 6 heteroatoms. The molecule has 1 fully saturated rings. The van der Waals surface area contributed by atoms with Crippen LogP contribution in [0.3, 0.4) is 0 Å². The van der Waals surface area contributed by atoms with Crippen molar-refractivity contribution in [2.24, 2.45) is 5.92 Å². The molecule has 6 nitrogen and oxygen atoms in total. The number of hydrogen-bond donors (Lipinski definition) is 1. The van der Waals surface area contributed by atoms with Crippen molar-refractivity contribution in [2.75, 3.05) is 19.1 Å². The molecule has 24 heavy (non-hydrogen) atoms. The smallest absolute Gasteiger partial charge is 0.332 e. The summed E-state index contributed by atoms with van der Waals surface area (Å²) in [6, 6.07) is 6.86. The SMILES string of the molecule is COC(=O)[C@@]12CC=C(C)C[C@@H]1[C@H](O)C(=O)N2c1ccc(OC)cc1. The van der Waals surface area contributed by atoms with E-state index in [2.05, 4.69) is 0 Å². The monoisotopic (exact) mass is 331 g/mol. The zero-order chi connectivity index (χ0) is 17.5. The fourth-order valence-electron chi connectivity index (χ4n) is 3.80. The van der Waals surface area contributed by atoms with E-state index in [0.29, 0.717) is 24.3 Å². The molecule has 0 radical (unpaired) electrons. The third-order valence-electron chi connectivity index (χ3n) is 5.04. The van der Waals surface area contributed by atoms with Crippen LogP contribution in [0.5, 0.6) is 5.75 Å². The van der Waals surface area contributed by atoms with Crippen LogP contribution in [0.25, 0.3) is 0 Å². The van der Waals surface area contributed by atoms with Crippen LogP contribution < -0.4 is 9.64 Å². The quantitative estimate of drug-likeness (QED) is 0.673. The van der Waals surface area contributed by atoms with Crippen molar-refractivity contribution in [3.8, 4) is 5.75 Å². The fraction of sp³-hybridized carbons (Fsp3) is 0.444. The van der Waals surface area contributed by atoms with Gasteiger partial charge in [0, 0.05) is 18.0 Å². The van der Waals surface area contributed by atoms with Crippen molar-refractivity contribution in [3.05, 3.63) is 35.9 Å². The molecule has 2 aliphatic rings. The van der Waals surface area contributed by atoms with E-state index < -0.39 is 29.4 Å². The first-order valence-electron chi connectivity index (χ1n) is 7.86. The number of aliphatic hydroxyl groups is 1. The predicted molar refractivity (Wildman–Crippen MR) is 87.7 cm³/mol. The normalized spacial score (nSPS) is 29.1. The van der Waals surface area contributed by atoms with Gasteiger partial charge in [0.05, 0.1) is 14.2 Å². The highest BCUT2D eigenvalue weighted by atomic mass is 16.5. The first kappa shape index (κ1) is 16.5. The summed E-state index contributed by atoms with van der Waals surface area (Å²) in [6.45, 7) is 1.94. The second kappa shape index (κ2) is 5.94. The van der Waals surface area contributed by atoms with Gasteiger partial charge in [-0.15, -0.1) is 0 Å². The molecule has 1 aliphatic carbocycles. The highest BCUT2D eigenvalue weighted by Crippen LogP contribution is 2.48. The zero-order valence-corrected chi connectivity index (χ0v) is 14.0. The van der Waals surface area contributed by atoms with Gasteiger partial charge in [-0.2, -0.15) is 0 Å². The third kappa shape index (κ3) is 2.21. The first-order chi connectivity index (χ1) is 11.5. The van der Waals surface area contributed by atoms with Gasteiger partial charge >= 0.3 is 5.97 Å². The molecular weight excluding hydrogens is 310 g/mol. The zero-order valence-electron chi connectivity index (χ0n) is 14.0. The second-order valence-electron chi connectivity index (χ2n) is 6.30. The number of amides is 1. The molecule has 128 valence electrons. The Labute approximate surface area is 140 Å². The minimum Gasteiger partial charge on any atom is -0.497 e. The van der Waals surface area contributed by atoms with Gasteiger partial charge in [-0.05, 0) is 37.6 Å². The number of benzene rings is 1. The van der Waals surface area contributed by atoms with Gasteiger partial charge in [-0.1, -0.05) is 11.6 Å². The number of carbonyl (C=O) groups is 2. The average Bonchev–Trinajstić information content (AvgIpc) is 2.83. The van der Waals surface area contributed by atoms with Crippen LogP contribution in [0, 0.1) is 5.92 Å². The molecule has 1 heterocycles. The van der Waals surface area contributed by atoms with Crippen LogP contribution >= 0.6 is 0 Å². The lowest BCUT2D eigenvalue weighted by Gasteiger charge is -2.41. The number of aliphatic hydroxyl groups excluding tert-OH is 1. The largest absolute Gasteiger partial charge is 0.497 e. The minimum atomic E-state index is -1.23. The summed E-state index contributed by atoms with van der Waals surface area (Å²) in [5.41, 5.74) is 0.392. The molecule has 1 amide bonds. The molecule has 3 rings (SSSR count). The summed E-state index contributed by atoms with van der Waals surface area (Å²) in [7, 11) is 2.86.